The summed E-state index contributed by atoms with van der Waals surface area (Å²) in [5.74, 6) is -6.21. The zero-order valence-electron chi connectivity index (χ0n) is 17.8. The van der Waals surface area contributed by atoms with Crippen LogP contribution in [0.1, 0.15) is 6.42 Å². The number of amides is 1. The van der Waals surface area contributed by atoms with Crippen LogP contribution in [0.4, 0.5) is 18.9 Å². The van der Waals surface area contributed by atoms with Gasteiger partial charge in [0.05, 0.1) is 16.4 Å². The number of carbonyl (C=O) groups is 1. The van der Waals surface area contributed by atoms with Gasteiger partial charge in [-0.2, -0.15) is 4.72 Å². The number of benzene rings is 3. The van der Waals surface area contributed by atoms with Gasteiger partial charge in [0.15, 0.2) is 17.4 Å². The third kappa shape index (κ3) is 6.49. The number of carbonyl (C=O) groups excluding carboxylic acids is 1. The van der Waals surface area contributed by atoms with Crippen LogP contribution in [-0.4, -0.2) is 31.3 Å². The fourth-order valence-corrected chi connectivity index (χ4v) is 4.09. The summed E-state index contributed by atoms with van der Waals surface area (Å²) in [6.45, 7) is 0. The molecular formula is C22H19F3N4O5S. The van der Waals surface area contributed by atoms with Gasteiger partial charge in [-0.1, -0.05) is 12.1 Å². The van der Waals surface area contributed by atoms with Crippen LogP contribution < -0.4 is 20.5 Å². The molecule has 35 heavy (non-hydrogen) atoms. The summed E-state index contributed by atoms with van der Waals surface area (Å²) in [4.78, 5) is 11.8. The lowest BCUT2D eigenvalue weighted by Crippen LogP contribution is -2.45. The minimum absolute atomic E-state index is 0.0374. The zero-order chi connectivity index (χ0) is 25.8. The number of anilines is 1. The number of phenolic OH excluding ortho intramolecular Hbond substituents is 1. The number of hydrogen-bond donors (Lipinski definition) is 5. The van der Waals surface area contributed by atoms with E-state index in [0.717, 1.165) is 24.3 Å². The van der Waals surface area contributed by atoms with Gasteiger partial charge in [-0.15, -0.1) is 0 Å². The van der Waals surface area contributed by atoms with Gasteiger partial charge >= 0.3 is 0 Å². The van der Waals surface area contributed by atoms with Crippen LogP contribution in [0.25, 0.3) is 0 Å². The number of halogens is 3. The number of aromatic hydroxyl groups is 1. The van der Waals surface area contributed by atoms with E-state index >= 15 is 0 Å². The Morgan fingerprint density at radius 2 is 1.66 bits per heavy atom. The number of ether oxygens (including phenoxy) is 1. The molecule has 0 aliphatic carbocycles. The van der Waals surface area contributed by atoms with Crippen molar-refractivity contribution < 1.29 is 36.2 Å². The van der Waals surface area contributed by atoms with E-state index < -0.39 is 62.3 Å². The highest BCUT2D eigenvalue weighted by Crippen LogP contribution is 2.30. The molecule has 1 unspecified atom stereocenters. The Balaban J connectivity index is 1.85. The van der Waals surface area contributed by atoms with Crippen molar-refractivity contribution in [2.24, 2.45) is 5.73 Å². The maximum Gasteiger partial charge on any atom is 0.243 e. The van der Waals surface area contributed by atoms with Gasteiger partial charge in [-0.3, -0.25) is 10.2 Å². The average molecular weight is 508 g/mol. The number of nitrogens with one attached hydrogen (secondary N) is 3. The molecular weight excluding hydrogens is 489 g/mol. The largest absolute Gasteiger partial charge is 0.506 e. The molecule has 1 atom stereocenters. The molecule has 0 aliphatic rings. The lowest BCUT2D eigenvalue weighted by molar-refractivity contribution is -0.117. The fraction of sp³-hybridized carbons (Fsp3) is 0.0909. The Hall–Kier alpha value is -4.10. The van der Waals surface area contributed by atoms with Crippen LogP contribution in [0, 0.1) is 22.9 Å². The molecule has 0 aliphatic heterocycles. The third-order valence-electron chi connectivity index (χ3n) is 4.52. The number of hydrogen-bond acceptors (Lipinski definition) is 6. The van der Waals surface area contributed by atoms with Crippen LogP contribution in [-0.2, 0) is 14.8 Å². The van der Waals surface area contributed by atoms with Crippen molar-refractivity contribution in [3.8, 4) is 17.2 Å². The van der Waals surface area contributed by atoms with E-state index in [0.29, 0.717) is 12.1 Å². The molecule has 0 saturated carbocycles. The lowest BCUT2D eigenvalue weighted by atomic mass is 10.2. The lowest BCUT2D eigenvalue weighted by Gasteiger charge is -2.19. The molecule has 0 fully saturated rings. The van der Waals surface area contributed by atoms with Gasteiger partial charge in [0.25, 0.3) is 0 Å². The topological polar surface area (TPSA) is 155 Å². The van der Waals surface area contributed by atoms with Crippen LogP contribution in [0.3, 0.4) is 0 Å². The number of amidine groups is 1. The Morgan fingerprint density at radius 3 is 2.23 bits per heavy atom. The highest BCUT2D eigenvalue weighted by atomic mass is 32.2. The number of para-hydroxylation sites is 2. The second-order valence-corrected chi connectivity index (χ2v) is 8.90. The van der Waals surface area contributed by atoms with Crippen molar-refractivity contribution in [1.82, 2.24) is 4.72 Å². The Kier molecular flexibility index (Phi) is 7.62. The number of phenols is 1. The van der Waals surface area contributed by atoms with Gasteiger partial charge in [-0.25, -0.2) is 21.6 Å². The summed E-state index contributed by atoms with van der Waals surface area (Å²) >= 11 is 0. The maximum atomic E-state index is 14.6. The standard InChI is InChI=1S/C22H19F3N4O5S/c23-12-5-7-13(8-6-12)34-21-15(24)9-14(10-16(21)25)35(32,33)29-18(11-20(26)27)22(31)28-17-3-1-2-4-19(17)30/h1-10,18,29-30H,11H2,(H3,26,27)(H,28,31). The van der Waals surface area contributed by atoms with Crippen molar-refractivity contribution >= 4 is 27.5 Å². The monoisotopic (exact) mass is 508 g/mol. The molecule has 13 heteroatoms. The quantitative estimate of drug-likeness (QED) is 0.170. The van der Waals surface area contributed by atoms with Crippen molar-refractivity contribution in [1.29, 1.82) is 5.41 Å². The minimum atomic E-state index is -4.70. The first kappa shape index (κ1) is 25.5. The van der Waals surface area contributed by atoms with Gasteiger partial charge in [0, 0.05) is 6.42 Å². The molecule has 3 aromatic carbocycles. The van der Waals surface area contributed by atoms with Crippen LogP contribution >= 0.6 is 0 Å². The summed E-state index contributed by atoms with van der Waals surface area (Å²) < 4.78 is 74.7. The van der Waals surface area contributed by atoms with Crippen LogP contribution in [0.2, 0.25) is 0 Å². The SMILES string of the molecule is N=C(N)CC(NS(=O)(=O)c1cc(F)c(Oc2ccc(F)cc2)c(F)c1)C(=O)Nc1ccccc1O. The van der Waals surface area contributed by atoms with Crippen molar-refractivity contribution in [2.45, 2.75) is 17.4 Å². The van der Waals surface area contributed by atoms with Gasteiger partial charge in [0.1, 0.15) is 23.4 Å². The first-order chi connectivity index (χ1) is 16.5. The Labute approximate surface area is 197 Å². The summed E-state index contributed by atoms with van der Waals surface area (Å²) in [7, 11) is -4.70. The molecule has 9 nitrogen and oxygen atoms in total. The van der Waals surface area contributed by atoms with Gasteiger partial charge < -0.3 is 20.9 Å². The highest BCUT2D eigenvalue weighted by molar-refractivity contribution is 7.89. The number of rotatable bonds is 9. The fourth-order valence-electron chi connectivity index (χ4n) is 2.87. The predicted octanol–water partition coefficient (Wildman–Crippen LogP) is 3.21. The van der Waals surface area contributed by atoms with Gasteiger partial charge in [-0.05, 0) is 48.5 Å². The van der Waals surface area contributed by atoms with E-state index in [1.54, 1.807) is 0 Å². The molecule has 6 N–H and O–H groups in total. The Morgan fingerprint density at radius 1 is 1.06 bits per heavy atom. The average Bonchev–Trinajstić information content (AvgIpc) is 2.78. The van der Waals surface area contributed by atoms with E-state index in [2.05, 4.69) is 5.32 Å². The molecule has 0 bridgehead atoms. The van der Waals surface area contributed by atoms with Crippen molar-refractivity contribution in [3.05, 3.63) is 78.1 Å². The Bertz CT molecular complexity index is 1340. The first-order valence-corrected chi connectivity index (χ1v) is 11.3. The van der Waals surface area contributed by atoms with E-state index in [4.69, 9.17) is 15.9 Å². The molecule has 3 rings (SSSR count). The highest BCUT2D eigenvalue weighted by Gasteiger charge is 2.29. The molecule has 0 saturated heterocycles. The molecule has 1 amide bonds. The van der Waals surface area contributed by atoms with Crippen LogP contribution in [0.5, 0.6) is 17.2 Å². The van der Waals surface area contributed by atoms with Crippen molar-refractivity contribution in [3.63, 3.8) is 0 Å². The van der Waals surface area contributed by atoms with E-state index in [1.807, 2.05) is 4.72 Å². The second kappa shape index (κ2) is 10.4. The molecule has 0 aromatic heterocycles. The molecule has 184 valence electrons. The smallest absolute Gasteiger partial charge is 0.243 e. The summed E-state index contributed by atoms with van der Waals surface area (Å²) in [5, 5.41) is 19.5. The summed E-state index contributed by atoms with van der Waals surface area (Å²) in [6.07, 6.45) is -0.574. The normalized spacial score (nSPS) is 12.1. The predicted molar refractivity (Wildman–Crippen MR) is 120 cm³/mol. The second-order valence-electron chi connectivity index (χ2n) is 7.18. The van der Waals surface area contributed by atoms with Crippen LogP contribution in [0.15, 0.2) is 65.6 Å². The number of sulfonamides is 1. The molecule has 0 radical (unpaired) electrons. The van der Waals surface area contributed by atoms with E-state index in [-0.39, 0.29) is 17.2 Å². The van der Waals surface area contributed by atoms with Crippen molar-refractivity contribution in [2.75, 3.05) is 5.32 Å². The summed E-state index contributed by atoms with van der Waals surface area (Å²) in [6, 6.07) is 9.15. The first-order valence-electron chi connectivity index (χ1n) is 9.83. The third-order valence-corrected chi connectivity index (χ3v) is 5.97. The molecule has 3 aromatic rings. The maximum absolute atomic E-state index is 14.6. The number of nitrogens with two attached hydrogens (primary N) is 1. The minimum Gasteiger partial charge on any atom is -0.506 e. The molecule has 0 spiro atoms. The molecule has 0 heterocycles. The van der Waals surface area contributed by atoms with E-state index in [1.165, 1.54) is 24.3 Å². The van der Waals surface area contributed by atoms with E-state index in [9.17, 15) is 31.5 Å². The zero-order valence-corrected chi connectivity index (χ0v) is 18.6. The van der Waals surface area contributed by atoms with Gasteiger partial charge in [0.2, 0.25) is 15.9 Å². The summed E-state index contributed by atoms with van der Waals surface area (Å²) in [5.41, 5.74) is 5.28.